The highest BCUT2D eigenvalue weighted by Crippen LogP contribution is 2.20. The lowest BCUT2D eigenvalue weighted by molar-refractivity contribution is 0.436. The van der Waals surface area contributed by atoms with Crippen LogP contribution in [0, 0.1) is 6.92 Å². The fourth-order valence-electron chi connectivity index (χ4n) is 1.49. The first-order valence-electron chi connectivity index (χ1n) is 4.95. The van der Waals surface area contributed by atoms with Gasteiger partial charge < -0.3 is 5.11 Å². The van der Waals surface area contributed by atoms with Crippen LogP contribution in [0.4, 0.5) is 0 Å². The lowest BCUT2D eigenvalue weighted by Crippen LogP contribution is -2.03. The molecule has 0 spiro atoms. The molecule has 0 amide bonds. The predicted octanol–water partition coefficient (Wildman–Crippen LogP) is 2.26. The zero-order valence-corrected chi connectivity index (χ0v) is 8.67. The number of hydrogen-bond acceptors (Lipinski definition) is 2. The van der Waals surface area contributed by atoms with Crippen molar-refractivity contribution in [3.8, 4) is 5.88 Å². The molecule has 0 aliphatic heterocycles. The molecule has 3 nitrogen and oxygen atoms in total. The highest BCUT2D eigenvalue weighted by Gasteiger charge is 2.11. The minimum absolute atomic E-state index is 0.188. The van der Waals surface area contributed by atoms with Crippen LogP contribution in [0.25, 0.3) is 0 Å². The molecule has 1 aromatic heterocycles. The van der Waals surface area contributed by atoms with Crippen LogP contribution in [0.2, 0.25) is 0 Å². The second-order valence-corrected chi connectivity index (χ2v) is 3.31. The molecule has 1 aromatic rings. The Morgan fingerprint density at radius 3 is 2.62 bits per heavy atom. The molecule has 0 aliphatic carbocycles. The SMILES string of the molecule is CCCCc1c(C)c(O)nn1CC. The third-order valence-corrected chi connectivity index (χ3v) is 2.36. The molecule has 0 aliphatic rings. The molecule has 0 bridgehead atoms. The Morgan fingerprint density at radius 2 is 2.08 bits per heavy atom. The summed E-state index contributed by atoms with van der Waals surface area (Å²) in [4.78, 5) is 0. The molecule has 3 heteroatoms. The van der Waals surface area contributed by atoms with E-state index in [-0.39, 0.29) is 5.88 Å². The first-order chi connectivity index (χ1) is 6.20. The maximum absolute atomic E-state index is 9.42. The van der Waals surface area contributed by atoms with Gasteiger partial charge in [-0.25, -0.2) is 0 Å². The number of aryl methyl sites for hydroxylation is 1. The summed E-state index contributed by atoms with van der Waals surface area (Å²) in [6.45, 7) is 6.98. The summed E-state index contributed by atoms with van der Waals surface area (Å²) in [5.74, 6) is 0.188. The molecule has 74 valence electrons. The standard InChI is InChI=1S/C10H18N2O/c1-4-6-7-9-8(3)10(13)11-12(9)5-2/h4-7H2,1-3H3,(H,11,13). The van der Waals surface area contributed by atoms with Crippen molar-refractivity contribution in [1.82, 2.24) is 9.78 Å². The van der Waals surface area contributed by atoms with Gasteiger partial charge in [-0.1, -0.05) is 13.3 Å². The van der Waals surface area contributed by atoms with Crippen molar-refractivity contribution in [2.75, 3.05) is 0 Å². The first kappa shape index (κ1) is 10.1. The fourth-order valence-corrected chi connectivity index (χ4v) is 1.49. The van der Waals surface area contributed by atoms with Crippen molar-refractivity contribution in [1.29, 1.82) is 0 Å². The molecular weight excluding hydrogens is 164 g/mol. The molecule has 0 saturated heterocycles. The van der Waals surface area contributed by atoms with E-state index in [1.165, 1.54) is 12.1 Å². The van der Waals surface area contributed by atoms with Crippen molar-refractivity contribution >= 4 is 0 Å². The van der Waals surface area contributed by atoms with Gasteiger partial charge in [0.2, 0.25) is 5.88 Å². The Labute approximate surface area is 79.4 Å². The quantitative estimate of drug-likeness (QED) is 0.775. The number of aromatic nitrogens is 2. The van der Waals surface area contributed by atoms with Gasteiger partial charge in [0.25, 0.3) is 0 Å². The third-order valence-electron chi connectivity index (χ3n) is 2.36. The van der Waals surface area contributed by atoms with Gasteiger partial charge in [-0.3, -0.25) is 4.68 Å². The average molecular weight is 182 g/mol. The minimum Gasteiger partial charge on any atom is -0.492 e. The van der Waals surface area contributed by atoms with Crippen LogP contribution >= 0.6 is 0 Å². The molecule has 0 aromatic carbocycles. The summed E-state index contributed by atoms with van der Waals surface area (Å²) in [7, 11) is 0. The number of rotatable bonds is 4. The van der Waals surface area contributed by atoms with Gasteiger partial charge in [-0.05, 0) is 26.7 Å². The molecule has 1 rings (SSSR count). The van der Waals surface area contributed by atoms with Crippen LogP contribution in [-0.2, 0) is 13.0 Å². The van der Waals surface area contributed by atoms with Crippen LogP contribution in [0.1, 0.15) is 37.9 Å². The average Bonchev–Trinajstić information content (AvgIpc) is 2.40. The van der Waals surface area contributed by atoms with E-state index < -0.39 is 0 Å². The molecule has 1 N–H and O–H groups in total. The highest BCUT2D eigenvalue weighted by molar-refractivity contribution is 5.28. The van der Waals surface area contributed by atoms with E-state index in [4.69, 9.17) is 0 Å². The van der Waals surface area contributed by atoms with Crippen LogP contribution in [0.15, 0.2) is 0 Å². The fraction of sp³-hybridized carbons (Fsp3) is 0.700. The summed E-state index contributed by atoms with van der Waals surface area (Å²) in [6.07, 6.45) is 3.35. The normalized spacial score (nSPS) is 10.7. The van der Waals surface area contributed by atoms with Gasteiger partial charge in [0.1, 0.15) is 0 Å². The second-order valence-electron chi connectivity index (χ2n) is 3.31. The zero-order valence-electron chi connectivity index (χ0n) is 8.67. The van der Waals surface area contributed by atoms with Crippen molar-refractivity contribution in [3.05, 3.63) is 11.3 Å². The van der Waals surface area contributed by atoms with Gasteiger partial charge in [-0.2, -0.15) is 0 Å². The molecule has 0 atom stereocenters. The molecule has 0 fully saturated rings. The maximum Gasteiger partial charge on any atom is 0.233 e. The highest BCUT2D eigenvalue weighted by atomic mass is 16.3. The predicted molar refractivity (Wildman–Crippen MR) is 52.9 cm³/mol. The van der Waals surface area contributed by atoms with Crippen LogP contribution in [-0.4, -0.2) is 14.9 Å². The van der Waals surface area contributed by atoms with Gasteiger partial charge in [0, 0.05) is 17.8 Å². The largest absolute Gasteiger partial charge is 0.492 e. The Kier molecular flexibility index (Phi) is 3.34. The summed E-state index contributed by atoms with van der Waals surface area (Å²) < 4.78 is 1.89. The molecule has 0 radical (unpaired) electrons. The van der Waals surface area contributed by atoms with E-state index in [9.17, 15) is 5.11 Å². The van der Waals surface area contributed by atoms with Crippen LogP contribution in [0.3, 0.4) is 0 Å². The molecular formula is C10H18N2O. The zero-order chi connectivity index (χ0) is 9.84. The van der Waals surface area contributed by atoms with Crippen LogP contribution in [0.5, 0.6) is 5.88 Å². The van der Waals surface area contributed by atoms with E-state index in [1.54, 1.807) is 0 Å². The molecule has 13 heavy (non-hydrogen) atoms. The Morgan fingerprint density at radius 1 is 1.38 bits per heavy atom. The Hall–Kier alpha value is -0.990. The third kappa shape index (κ3) is 2.02. The Balaban J connectivity index is 2.88. The summed E-state index contributed by atoms with van der Waals surface area (Å²) >= 11 is 0. The topological polar surface area (TPSA) is 38.1 Å². The monoisotopic (exact) mass is 182 g/mol. The number of nitrogens with zero attached hydrogens (tertiary/aromatic N) is 2. The first-order valence-corrected chi connectivity index (χ1v) is 4.95. The lowest BCUT2D eigenvalue weighted by Gasteiger charge is -2.03. The number of aromatic hydroxyl groups is 1. The van der Waals surface area contributed by atoms with E-state index in [0.29, 0.717) is 0 Å². The van der Waals surface area contributed by atoms with Gasteiger partial charge in [-0.15, -0.1) is 5.10 Å². The summed E-state index contributed by atoms with van der Waals surface area (Å²) in [5, 5.41) is 13.5. The smallest absolute Gasteiger partial charge is 0.233 e. The molecule has 0 saturated carbocycles. The van der Waals surface area contributed by atoms with E-state index >= 15 is 0 Å². The summed E-state index contributed by atoms with van der Waals surface area (Å²) in [6, 6.07) is 0. The van der Waals surface area contributed by atoms with Crippen molar-refractivity contribution < 1.29 is 5.11 Å². The van der Waals surface area contributed by atoms with Gasteiger partial charge >= 0.3 is 0 Å². The van der Waals surface area contributed by atoms with Crippen molar-refractivity contribution in [3.63, 3.8) is 0 Å². The second kappa shape index (κ2) is 4.30. The lowest BCUT2D eigenvalue weighted by atomic mass is 10.1. The van der Waals surface area contributed by atoms with Crippen molar-refractivity contribution in [2.45, 2.75) is 46.6 Å². The van der Waals surface area contributed by atoms with E-state index in [0.717, 1.165) is 24.9 Å². The summed E-state index contributed by atoms with van der Waals surface area (Å²) in [5.41, 5.74) is 2.12. The van der Waals surface area contributed by atoms with E-state index in [1.807, 2.05) is 18.5 Å². The van der Waals surface area contributed by atoms with Crippen molar-refractivity contribution in [2.24, 2.45) is 0 Å². The number of unbranched alkanes of at least 4 members (excludes halogenated alkanes) is 1. The van der Waals surface area contributed by atoms with Gasteiger partial charge in [0.15, 0.2) is 0 Å². The maximum atomic E-state index is 9.42. The minimum atomic E-state index is 0.188. The number of hydrogen-bond donors (Lipinski definition) is 1. The Bertz CT molecular complexity index is 279. The molecule has 0 unspecified atom stereocenters. The molecule has 1 heterocycles. The van der Waals surface area contributed by atoms with Crippen LogP contribution < -0.4 is 0 Å². The van der Waals surface area contributed by atoms with E-state index in [2.05, 4.69) is 12.0 Å². The van der Waals surface area contributed by atoms with Gasteiger partial charge in [0.05, 0.1) is 0 Å².